The molecule has 2 N–H and O–H groups in total. The van der Waals surface area contributed by atoms with Crippen molar-refractivity contribution in [2.75, 3.05) is 13.6 Å². The van der Waals surface area contributed by atoms with Gasteiger partial charge >= 0.3 is 0 Å². The molecule has 0 saturated heterocycles. The van der Waals surface area contributed by atoms with Crippen LogP contribution in [0.25, 0.3) is 0 Å². The van der Waals surface area contributed by atoms with Gasteiger partial charge in [0.05, 0.1) is 0 Å². The highest BCUT2D eigenvalue weighted by molar-refractivity contribution is 5.19. The van der Waals surface area contributed by atoms with Gasteiger partial charge in [-0.05, 0) is 38.1 Å². The van der Waals surface area contributed by atoms with Crippen LogP contribution in [0.2, 0.25) is 0 Å². The summed E-state index contributed by atoms with van der Waals surface area (Å²) in [7, 11) is 1.91. The fourth-order valence-electron chi connectivity index (χ4n) is 2.32. The second kappa shape index (κ2) is 6.25. The zero-order valence-electron chi connectivity index (χ0n) is 11.3. The molecule has 1 aromatic carbocycles. The van der Waals surface area contributed by atoms with E-state index < -0.39 is 5.82 Å². The summed E-state index contributed by atoms with van der Waals surface area (Å²) in [5, 5.41) is 0. The Balaban J connectivity index is 2.92. The molecule has 0 spiro atoms. The van der Waals surface area contributed by atoms with Crippen LogP contribution < -0.4 is 5.73 Å². The molecule has 2 nitrogen and oxygen atoms in total. The monoisotopic (exact) mass is 256 g/mol. The lowest BCUT2D eigenvalue weighted by Gasteiger charge is -2.40. The molecule has 0 aliphatic carbocycles. The number of nitrogens with two attached hydrogens (primary N) is 1. The molecule has 18 heavy (non-hydrogen) atoms. The lowest BCUT2D eigenvalue weighted by molar-refractivity contribution is 0.106. The first-order valence-corrected chi connectivity index (χ1v) is 6.34. The van der Waals surface area contributed by atoms with Gasteiger partial charge in [-0.25, -0.2) is 8.78 Å². The summed E-state index contributed by atoms with van der Waals surface area (Å²) in [6, 6.07) is 3.55. The number of rotatable bonds is 6. The van der Waals surface area contributed by atoms with Gasteiger partial charge in [0.1, 0.15) is 11.6 Å². The topological polar surface area (TPSA) is 29.3 Å². The van der Waals surface area contributed by atoms with Crippen molar-refractivity contribution in [3.8, 4) is 0 Å². The van der Waals surface area contributed by atoms with Gasteiger partial charge < -0.3 is 5.73 Å². The fourth-order valence-corrected chi connectivity index (χ4v) is 2.32. The van der Waals surface area contributed by atoms with E-state index in [0.717, 1.165) is 18.9 Å². The molecule has 0 heterocycles. The van der Waals surface area contributed by atoms with Gasteiger partial charge in [-0.2, -0.15) is 0 Å². The normalized spacial score (nSPS) is 12.2. The standard InChI is InChI=1S/C14H22F2N2/c1-4-14(5-2,10-17)18(3)9-11-8-12(15)6-7-13(11)16/h6-8H,4-5,9-10,17H2,1-3H3. The molecule has 0 radical (unpaired) electrons. The average Bonchev–Trinajstić information content (AvgIpc) is 2.37. The van der Waals surface area contributed by atoms with E-state index in [0.29, 0.717) is 18.7 Å². The summed E-state index contributed by atoms with van der Waals surface area (Å²) in [5.41, 5.74) is 6.06. The van der Waals surface area contributed by atoms with E-state index in [2.05, 4.69) is 13.8 Å². The Morgan fingerprint density at radius 1 is 1.22 bits per heavy atom. The smallest absolute Gasteiger partial charge is 0.127 e. The molecular formula is C14H22F2N2. The van der Waals surface area contributed by atoms with Crippen molar-refractivity contribution >= 4 is 0 Å². The van der Waals surface area contributed by atoms with Crippen LogP contribution in [0.15, 0.2) is 18.2 Å². The molecule has 1 aromatic rings. The predicted molar refractivity (Wildman–Crippen MR) is 70.2 cm³/mol. The van der Waals surface area contributed by atoms with E-state index in [9.17, 15) is 8.78 Å². The van der Waals surface area contributed by atoms with Crippen LogP contribution in [0.1, 0.15) is 32.3 Å². The van der Waals surface area contributed by atoms with E-state index in [-0.39, 0.29) is 11.4 Å². The first kappa shape index (κ1) is 15.1. The fraction of sp³-hybridized carbons (Fsp3) is 0.571. The molecule has 0 amide bonds. The summed E-state index contributed by atoms with van der Waals surface area (Å²) >= 11 is 0. The van der Waals surface area contributed by atoms with Crippen LogP contribution >= 0.6 is 0 Å². The largest absolute Gasteiger partial charge is 0.329 e. The van der Waals surface area contributed by atoms with Crippen LogP contribution in [0.4, 0.5) is 8.78 Å². The first-order valence-electron chi connectivity index (χ1n) is 6.34. The molecule has 0 atom stereocenters. The van der Waals surface area contributed by atoms with Crippen LogP contribution in [0, 0.1) is 11.6 Å². The summed E-state index contributed by atoms with van der Waals surface area (Å²) in [4.78, 5) is 2.02. The van der Waals surface area contributed by atoms with Gasteiger partial charge in [-0.3, -0.25) is 4.90 Å². The number of benzene rings is 1. The van der Waals surface area contributed by atoms with Crippen molar-refractivity contribution < 1.29 is 8.78 Å². The molecule has 1 rings (SSSR count). The summed E-state index contributed by atoms with van der Waals surface area (Å²) < 4.78 is 26.7. The van der Waals surface area contributed by atoms with Crippen molar-refractivity contribution in [2.24, 2.45) is 5.73 Å². The molecule has 0 aliphatic rings. The number of likely N-dealkylation sites (N-methyl/N-ethyl adjacent to an activating group) is 1. The van der Waals surface area contributed by atoms with Gasteiger partial charge in [0.15, 0.2) is 0 Å². The molecule has 0 aliphatic heterocycles. The van der Waals surface area contributed by atoms with Gasteiger partial charge in [0.25, 0.3) is 0 Å². The third-order valence-corrected chi connectivity index (χ3v) is 3.92. The van der Waals surface area contributed by atoms with Crippen LogP contribution in [-0.2, 0) is 6.54 Å². The molecule has 0 saturated carbocycles. The van der Waals surface area contributed by atoms with Crippen molar-refractivity contribution in [1.82, 2.24) is 4.90 Å². The number of halogens is 2. The highest BCUT2D eigenvalue weighted by atomic mass is 19.1. The minimum atomic E-state index is -0.411. The molecule has 0 bridgehead atoms. The molecule has 0 fully saturated rings. The van der Waals surface area contributed by atoms with E-state index in [1.165, 1.54) is 12.1 Å². The lowest BCUT2D eigenvalue weighted by Crippen LogP contribution is -2.50. The second-order valence-electron chi connectivity index (χ2n) is 4.73. The van der Waals surface area contributed by atoms with E-state index in [4.69, 9.17) is 5.73 Å². The zero-order chi connectivity index (χ0) is 13.8. The van der Waals surface area contributed by atoms with Crippen molar-refractivity contribution in [3.05, 3.63) is 35.4 Å². The lowest BCUT2D eigenvalue weighted by atomic mass is 9.90. The third-order valence-electron chi connectivity index (χ3n) is 3.92. The Hall–Kier alpha value is -1.00. The SMILES string of the molecule is CCC(CC)(CN)N(C)Cc1cc(F)ccc1F. The molecule has 4 heteroatoms. The molecule has 0 aromatic heterocycles. The van der Waals surface area contributed by atoms with E-state index in [1.807, 2.05) is 11.9 Å². The van der Waals surface area contributed by atoms with Crippen LogP contribution in [0.5, 0.6) is 0 Å². The maximum Gasteiger partial charge on any atom is 0.127 e. The first-order chi connectivity index (χ1) is 8.49. The van der Waals surface area contributed by atoms with Crippen molar-refractivity contribution in [3.63, 3.8) is 0 Å². The number of nitrogens with zero attached hydrogens (tertiary/aromatic N) is 1. The maximum absolute atomic E-state index is 13.6. The third kappa shape index (κ3) is 3.06. The van der Waals surface area contributed by atoms with Gasteiger partial charge in [-0.1, -0.05) is 13.8 Å². The molecule has 102 valence electrons. The Morgan fingerprint density at radius 3 is 2.33 bits per heavy atom. The Bertz CT molecular complexity index is 381. The minimum absolute atomic E-state index is 0.154. The average molecular weight is 256 g/mol. The van der Waals surface area contributed by atoms with Crippen molar-refractivity contribution in [1.29, 1.82) is 0 Å². The minimum Gasteiger partial charge on any atom is -0.329 e. The summed E-state index contributed by atoms with van der Waals surface area (Å²) in [6.45, 7) is 5.00. The summed E-state index contributed by atoms with van der Waals surface area (Å²) in [6.07, 6.45) is 1.76. The quantitative estimate of drug-likeness (QED) is 0.848. The Morgan fingerprint density at radius 2 is 1.83 bits per heavy atom. The van der Waals surface area contributed by atoms with E-state index >= 15 is 0 Å². The maximum atomic E-state index is 13.6. The van der Waals surface area contributed by atoms with Crippen molar-refractivity contribution in [2.45, 2.75) is 38.8 Å². The van der Waals surface area contributed by atoms with Crippen LogP contribution in [-0.4, -0.2) is 24.0 Å². The van der Waals surface area contributed by atoms with Crippen LogP contribution in [0.3, 0.4) is 0 Å². The zero-order valence-corrected chi connectivity index (χ0v) is 11.3. The summed E-state index contributed by atoms with van der Waals surface area (Å²) in [5.74, 6) is -0.785. The van der Waals surface area contributed by atoms with Gasteiger partial charge in [-0.15, -0.1) is 0 Å². The van der Waals surface area contributed by atoms with Gasteiger partial charge in [0, 0.05) is 24.2 Å². The Kier molecular flexibility index (Phi) is 5.23. The van der Waals surface area contributed by atoms with Gasteiger partial charge in [0.2, 0.25) is 0 Å². The second-order valence-corrected chi connectivity index (χ2v) is 4.73. The number of hydrogen-bond donors (Lipinski definition) is 1. The molecule has 0 unspecified atom stereocenters. The number of hydrogen-bond acceptors (Lipinski definition) is 2. The molecular weight excluding hydrogens is 234 g/mol. The Labute approximate surface area is 108 Å². The highest BCUT2D eigenvalue weighted by Gasteiger charge is 2.29. The highest BCUT2D eigenvalue weighted by Crippen LogP contribution is 2.24. The van der Waals surface area contributed by atoms with E-state index in [1.54, 1.807) is 0 Å². The predicted octanol–water partition coefficient (Wildman–Crippen LogP) is 2.91.